The third-order valence-electron chi connectivity index (χ3n) is 9.22. The zero-order valence-corrected chi connectivity index (χ0v) is 18.9. The Morgan fingerprint density at radius 3 is 2.60 bits per heavy atom. The smallest absolute Gasteiger partial charge is 0.323 e. The Balaban J connectivity index is 1.60. The highest BCUT2D eigenvalue weighted by Gasteiger charge is 2.62. The van der Waals surface area contributed by atoms with Crippen LogP contribution < -0.4 is 0 Å². The molecule has 4 aliphatic rings. The lowest BCUT2D eigenvalue weighted by Crippen LogP contribution is -2.59. The van der Waals surface area contributed by atoms with E-state index in [0.29, 0.717) is 24.4 Å². The molecule has 1 aliphatic heterocycles. The lowest BCUT2D eigenvalue weighted by Gasteiger charge is -2.66. The summed E-state index contributed by atoms with van der Waals surface area (Å²) in [5, 5.41) is 9.15. The molecule has 4 rings (SSSR count). The van der Waals surface area contributed by atoms with Crippen LogP contribution in [0.5, 0.6) is 0 Å². The SMILES string of the molecule is CC(=O)OC[C@@]1(C)CCC[C@]2(C)[C@H]3CCC4=CN(CC(=O)O)C=CC4[C@]3(C)CC[C@@H]12. The Labute approximate surface area is 180 Å². The third kappa shape index (κ3) is 3.38. The number of carboxylic acids is 1. The van der Waals surface area contributed by atoms with Crippen molar-refractivity contribution < 1.29 is 19.4 Å². The summed E-state index contributed by atoms with van der Waals surface area (Å²) in [5.74, 6) is 0.657. The van der Waals surface area contributed by atoms with Gasteiger partial charge in [0.05, 0.1) is 6.61 Å². The van der Waals surface area contributed by atoms with Gasteiger partial charge in [-0.3, -0.25) is 9.59 Å². The van der Waals surface area contributed by atoms with Crippen LogP contribution in [0.1, 0.15) is 72.6 Å². The maximum absolute atomic E-state index is 11.5. The van der Waals surface area contributed by atoms with E-state index in [1.54, 1.807) is 0 Å². The molecule has 0 saturated heterocycles. The van der Waals surface area contributed by atoms with Crippen molar-refractivity contribution in [2.24, 2.45) is 34.0 Å². The first-order valence-electron chi connectivity index (χ1n) is 11.6. The number of fused-ring (bicyclic) bond motifs is 5. The summed E-state index contributed by atoms with van der Waals surface area (Å²) in [6.07, 6.45) is 14.5. The number of esters is 1. The van der Waals surface area contributed by atoms with E-state index in [1.165, 1.54) is 44.6 Å². The number of ether oxygens (including phenoxy) is 1. The number of rotatable bonds is 4. The molecule has 0 aromatic carbocycles. The molecule has 1 heterocycles. The number of carbonyl (C=O) groups excluding carboxylic acids is 1. The van der Waals surface area contributed by atoms with Gasteiger partial charge >= 0.3 is 11.9 Å². The first-order valence-corrected chi connectivity index (χ1v) is 11.6. The molecular weight excluding hydrogens is 378 g/mol. The molecule has 5 nitrogen and oxygen atoms in total. The van der Waals surface area contributed by atoms with Crippen molar-refractivity contribution in [3.63, 3.8) is 0 Å². The largest absolute Gasteiger partial charge is 0.480 e. The fourth-order valence-electron chi connectivity index (χ4n) is 8.05. The number of nitrogens with zero attached hydrogens (tertiary/aromatic N) is 1. The first kappa shape index (κ1) is 21.5. The predicted octanol–water partition coefficient (Wildman–Crippen LogP) is 4.99. The van der Waals surface area contributed by atoms with E-state index in [9.17, 15) is 9.59 Å². The summed E-state index contributed by atoms with van der Waals surface area (Å²) >= 11 is 0. The summed E-state index contributed by atoms with van der Waals surface area (Å²) in [6.45, 7) is 9.43. The minimum atomic E-state index is -0.794. The second-order valence-electron chi connectivity index (χ2n) is 11.1. The number of carboxylic acid groups (broad SMARTS) is 1. The van der Waals surface area contributed by atoms with Crippen LogP contribution in [0.3, 0.4) is 0 Å². The number of aliphatic carboxylic acids is 1. The van der Waals surface area contributed by atoms with Crippen molar-refractivity contribution in [3.8, 4) is 0 Å². The summed E-state index contributed by atoms with van der Waals surface area (Å²) in [6, 6.07) is 0. The number of carbonyl (C=O) groups is 2. The molecule has 3 fully saturated rings. The number of hydrogen-bond donors (Lipinski definition) is 1. The first-order chi connectivity index (χ1) is 14.1. The minimum Gasteiger partial charge on any atom is -0.480 e. The monoisotopic (exact) mass is 415 g/mol. The second-order valence-corrected chi connectivity index (χ2v) is 11.1. The molecule has 0 bridgehead atoms. The van der Waals surface area contributed by atoms with E-state index in [4.69, 9.17) is 9.84 Å². The average Bonchev–Trinajstić information content (AvgIpc) is 2.65. The normalized spacial score (nSPS) is 42.5. The molecule has 3 aliphatic carbocycles. The van der Waals surface area contributed by atoms with E-state index < -0.39 is 5.97 Å². The van der Waals surface area contributed by atoms with Crippen molar-refractivity contribution >= 4 is 11.9 Å². The minimum absolute atomic E-state index is 0.0289. The van der Waals surface area contributed by atoms with Crippen LogP contribution in [-0.2, 0) is 14.3 Å². The van der Waals surface area contributed by atoms with Crippen LogP contribution in [0.2, 0.25) is 0 Å². The van der Waals surface area contributed by atoms with E-state index in [1.807, 2.05) is 11.1 Å². The third-order valence-corrected chi connectivity index (χ3v) is 9.22. The van der Waals surface area contributed by atoms with Crippen molar-refractivity contribution in [2.45, 2.75) is 72.6 Å². The molecule has 0 spiro atoms. The molecule has 5 heteroatoms. The fraction of sp³-hybridized carbons (Fsp3) is 0.760. The zero-order chi connectivity index (χ0) is 21.7. The van der Waals surface area contributed by atoms with E-state index in [0.717, 1.165) is 12.8 Å². The average molecular weight is 416 g/mol. The molecule has 0 amide bonds. The molecule has 1 unspecified atom stereocenters. The Kier molecular flexibility index (Phi) is 5.31. The molecule has 3 saturated carbocycles. The van der Waals surface area contributed by atoms with Gasteiger partial charge in [0.1, 0.15) is 6.54 Å². The number of allylic oxidation sites excluding steroid dienone is 2. The highest BCUT2D eigenvalue weighted by Crippen LogP contribution is 2.69. The maximum Gasteiger partial charge on any atom is 0.323 e. The molecule has 30 heavy (non-hydrogen) atoms. The molecule has 0 aromatic rings. The zero-order valence-electron chi connectivity index (χ0n) is 18.9. The second kappa shape index (κ2) is 7.42. The standard InChI is InChI=1S/C25H37NO4/c1-17(27)30-16-23(2)10-5-11-25(4)20(23)8-12-24(3)19-9-13-26(15-22(28)29)14-18(19)6-7-21(24)25/h9,13-14,19-21H,5-8,10-12,15-16H2,1-4H3,(H,28,29)/t19?,20-,21-,23+,24-,25-/m0/s1. The van der Waals surface area contributed by atoms with Crippen molar-refractivity contribution in [3.05, 3.63) is 24.0 Å². The summed E-state index contributed by atoms with van der Waals surface area (Å²) in [4.78, 5) is 24.5. The summed E-state index contributed by atoms with van der Waals surface area (Å²) in [7, 11) is 0. The highest BCUT2D eigenvalue weighted by molar-refractivity contribution is 5.69. The molecule has 166 valence electrons. The van der Waals surface area contributed by atoms with Gasteiger partial charge < -0.3 is 14.7 Å². The Bertz CT molecular complexity index is 788. The number of hydrogen-bond acceptors (Lipinski definition) is 4. The van der Waals surface area contributed by atoms with Crippen molar-refractivity contribution in [1.29, 1.82) is 0 Å². The van der Waals surface area contributed by atoms with Gasteiger partial charge in [-0.2, -0.15) is 0 Å². The van der Waals surface area contributed by atoms with Gasteiger partial charge in [0.15, 0.2) is 0 Å². The topological polar surface area (TPSA) is 66.8 Å². The highest BCUT2D eigenvalue weighted by atomic mass is 16.5. The van der Waals surface area contributed by atoms with Gasteiger partial charge in [-0.15, -0.1) is 0 Å². The van der Waals surface area contributed by atoms with E-state index in [2.05, 4.69) is 33.0 Å². The lowest BCUT2D eigenvalue weighted by atomic mass is 9.39. The van der Waals surface area contributed by atoms with Crippen LogP contribution in [0, 0.1) is 34.0 Å². The Hall–Kier alpha value is -1.78. The molecular formula is C25H37NO4. The van der Waals surface area contributed by atoms with Gasteiger partial charge in [0, 0.05) is 30.7 Å². The van der Waals surface area contributed by atoms with Crippen LogP contribution in [0.15, 0.2) is 24.0 Å². The van der Waals surface area contributed by atoms with Gasteiger partial charge in [0.25, 0.3) is 0 Å². The quantitative estimate of drug-likeness (QED) is 0.656. The van der Waals surface area contributed by atoms with Crippen LogP contribution in [0.25, 0.3) is 0 Å². The Morgan fingerprint density at radius 2 is 1.90 bits per heavy atom. The van der Waals surface area contributed by atoms with Gasteiger partial charge in [-0.1, -0.05) is 33.3 Å². The van der Waals surface area contributed by atoms with Crippen molar-refractivity contribution in [2.75, 3.05) is 13.2 Å². The lowest BCUT2D eigenvalue weighted by molar-refractivity contribution is -0.174. The maximum atomic E-state index is 11.5. The van der Waals surface area contributed by atoms with Crippen LogP contribution in [-0.4, -0.2) is 35.1 Å². The predicted molar refractivity (Wildman–Crippen MR) is 115 cm³/mol. The van der Waals surface area contributed by atoms with Gasteiger partial charge in [-0.25, -0.2) is 0 Å². The van der Waals surface area contributed by atoms with Gasteiger partial charge in [0.2, 0.25) is 0 Å². The van der Waals surface area contributed by atoms with E-state index >= 15 is 0 Å². The van der Waals surface area contributed by atoms with Gasteiger partial charge in [-0.05, 0) is 66.8 Å². The fourth-order valence-corrected chi connectivity index (χ4v) is 8.05. The summed E-state index contributed by atoms with van der Waals surface area (Å²) < 4.78 is 5.56. The van der Waals surface area contributed by atoms with E-state index in [-0.39, 0.29) is 28.8 Å². The van der Waals surface area contributed by atoms with Crippen LogP contribution >= 0.6 is 0 Å². The summed E-state index contributed by atoms with van der Waals surface area (Å²) in [5.41, 5.74) is 1.94. The molecule has 1 N–H and O–H groups in total. The Morgan fingerprint density at radius 1 is 1.13 bits per heavy atom. The molecule has 6 atom stereocenters. The molecule has 0 aromatic heterocycles. The molecule has 0 radical (unpaired) electrons. The van der Waals surface area contributed by atoms with Crippen molar-refractivity contribution in [1.82, 2.24) is 4.90 Å². The van der Waals surface area contributed by atoms with Crippen LogP contribution in [0.4, 0.5) is 0 Å².